The number of carbonyl (C=O) groups is 2. The highest BCUT2D eigenvalue weighted by Crippen LogP contribution is 2.36. The number of likely N-dealkylation sites (tertiary alicyclic amines) is 1. The molecule has 1 fully saturated rings. The Hall–Kier alpha value is -1.01. The van der Waals surface area contributed by atoms with E-state index in [9.17, 15) is 9.59 Å². The lowest BCUT2D eigenvalue weighted by molar-refractivity contribution is -0.154. The summed E-state index contributed by atoms with van der Waals surface area (Å²) in [5.41, 5.74) is -1.73. The van der Waals surface area contributed by atoms with Crippen molar-refractivity contribution in [3.8, 4) is 0 Å². The molecule has 1 heterocycles. The Morgan fingerprint density at radius 3 is 2.43 bits per heavy atom. The molecule has 21 heavy (non-hydrogen) atoms. The first-order valence-corrected chi connectivity index (χ1v) is 7.50. The molecule has 1 amide bonds. The molecule has 0 aromatic rings. The molecule has 1 aliphatic heterocycles. The van der Waals surface area contributed by atoms with Crippen LogP contribution in [0.3, 0.4) is 0 Å². The number of alkyl halides is 1. The van der Waals surface area contributed by atoms with Crippen LogP contribution >= 0.6 is 11.6 Å². The Bertz CT molecular complexity index is 395. The van der Waals surface area contributed by atoms with E-state index in [0.29, 0.717) is 12.8 Å². The van der Waals surface area contributed by atoms with E-state index in [1.165, 1.54) is 4.90 Å². The Balaban J connectivity index is 3.06. The molecule has 0 saturated carbocycles. The molecular weight excluding hydrogens is 298 g/mol. The second kappa shape index (κ2) is 6.83. The molecule has 0 aromatic carbocycles. The molecule has 0 bridgehead atoms. The van der Waals surface area contributed by atoms with Gasteiger partial charge in [-0.25, -0.2) is 9.59 Å². The molecular formula is C14H24ClNO5. The SMILES string of the molecule is CCC1(C(=O)OCCl)CC(OC)CN1C(=O)OC(C)(C)C. The molecule has 2 atom stereocenters. The number of hydrogen-bond acceptors (Lipinski definition) is 5. The molecule has 1 aliphatic rings. The molecule has 0 aromatic heterocycles. The van der Waals surface area contributed by atoms with Crippen LogP contribution in [0, 0.1) is 0 Å². The summed E-state index contributed by atoms with van der Waals surface area (Å²) in [5.74, 6) is -0.523. The normalized spacial score (nSPS) is 25.8. The third-order valence-corrected chi connectivity index (χ3v) is 3.68. The van der Waals surface area contributed by atoms with Crippen molar-refractivity contribution < 1.29 is 23.8 Å². The second-order valence-electron chi connectivity index (χ2n) is 6.08. The highest BCUT2D eigenvalue weighted by molar-refractivity contribution is 6.17. The Morgan fingerprint density at radius 1 is 1.38 bits per heavy atom. The number of carbonyl (C=O) groups excluding carboxylic acids is 2. The zero-order chi connectivity index (χ0) is 16.3. The summed E-state index contributed by atoms with van der Waals surface area (Å²) < 4.78 is 15.7. The Kier molecular flexibility index (Phi) is 5.87. The van der Waals surface area contributed by atoms with Crippen LogP contribution in [-0.4, -0.2) is 53.9 Å². The van der Waals surface area contributed by atoms with E-state index < -0.39 is 23.2 Å². The lowest BCUT2D eigenvalue weighted by atomic mass is 9.92. The molecule has 122 valence electrons. The molecule has 6 nitrogen and oxygen atoms in total. The third-order valence-electron chi connectivity index (χ3n) is 3.57. The van der Waals surface area contributed by atoms with Crippen molar-refractivity contribution in [2.75, 3.05) is 19.7 Å². The average molecular weight is 322 g/mol. The molecule has 0 aliphatic carbocycles. The number of ether oxygens (including phenoxy) is 3. The van der Waals surface area contributed by atoms with Gasteiger partial charge in [0.1, 0.15) is 11.1 Å². The van der Waals surface area contributed by atoms with Gasteiger partial charge in [-0.2, -0.15) is 0 Å². The van der Waals surface area contributed by atoms with Crippen molar-refractivity contribution in [2.45, 2.75) is 57.8 Å². The summed E-state index contributed by atoms with van der Waals surface area (Å²) in [6, 6.07) is -0.250. The molecule has 7 heteroatoms. The average Bonchev–Trinajstić information content (AvgIpc) is 2.77. The zero-order valence-corrected chi connectivity index (χ0v) is 14.0. The van der Waals surface area contributed by atoms with Gasteiger partial charge in [0.05, 0.1) is 12.6 Å². The van der Waals surface area contributed by atoms with Crippen molar-refractivity contribution in [1.29, 1.82) is 0 Å². The van der Waals surface area contributed by atoms with E-state index in [2.05, 4.69) is 0 Å². The topological polar surface area (TPSA) is 65.1 Å². The van der Waals surface area contributed by atoms with Crippen LogP contribution in [0.1, 0.15) is 40.5 Å². The summed E-state index contributed by atoms with van der Waals surface area (Å²) in [6.07, 6.45) is -0.00710. The van der Waals surface area contributed by atoms with Gasteiger partial charge in [0.15, 0.2) is 6.07 Å². The highest BCUT2D eigenvalue weighted by Gasteiger charge is 2.54. The summed E-state index contributed by atoms with van der Waals surface area (Å²) in [5, 5.41) is 0. The number of methoxy groups -OCH3 is 1. The zero-order valence-electron chi connectivity index (χ0n) is 13.3. The molecule has 0 spiro atoms. The number of esters is 1. The monoisotopic (exact) mass is 321 g/mol. The van der Waals surface area contributed by atoms with Crippen LogP contribution in [0.15, 0.2) is 0 Å². The number of hydrogen-bond donors (Lipinski definition) is 0. The van der Waals surface area contributed by atoms with E-state index in [1.807, 2.05) is 6.92 Å². The van der Waals surface area contributed by atoms with Gasteiger partial charge in [0.2, 0.25) is 0 Å². The van der Waals surface area contributed by atoms with Crippen LogP contribution in [0.2, 0.25) is 0 Å². The van der Waals surface area contributed by atoms with Crippen molar-refractivity contribution in [1.82, 2.24) is 4.90 Å². The molecule has 2 unspecified atom stereocenters. The molecule has 1 saturated heterocycles. The first-order chi connectivity index (χ1) is 9.70. The summed E-state index contributed by atoms with van der Waals surface area (Å²) in [6.45, 7) is 7.44. The number of rotatable bonds is 4. The quantitative estimate of drug-likeness (QED) is 0.588. The fraction of sp³-hybridized carbons (Fsp3) is 0.857. The standard InChI is InChI=1S/C14H24ClNO5/c1-6-14(11(17)20-9-15)7-10(19-5)8-16(14)12(18)21-13(2,3)4/h10H,6-9H2,1-5H3. The fourth-order valence-corrected chi connectivity index (χ4v) is 2.61. The molecule has 0 radical (unpaired) electrons. The van der Waals surface area contributed by atoms with Gasteiger partial charge in [-0.3, -0.25) is 4.90 Å². The van der Waals surface area contributed by atoms with E-state index >= 15 is 0 Å². The van der Waals surface area contributed by atoms with E-state index in [0.717, 1.165) is 0 Å². The lowest BCUT2D eigenvalue weighted by Crippen LogP contribution is -2.54. The van der Waals surface area contributed by atoms with E-state index in [4.69, 9.17) is 25.8 Å². The van der Waals surface area contributed by atoms with E-state index in [-0.39, 0.29) is 18.7 Å². The Morgan fingerprint density at radius 2 is 2.00 bits per heavy atom. The molecule has 1 rings (SSSR count). The van der Waals surface area contributed by atoms with Crippen LogP contribution in [-0.2, 0) is 19.0 Å². The van der Waals surface area contributed by atoms with Crippen LogP contribution in [0.25, 0.3) is 0 Å². The second-order valence-corrected chi connectivity index (χ2v) is 6.30. The van der Waals surface area contributed by atoms with Crippen molar-refractivity contribution in [3.63, 3.8) is 0 Å². The maximum absolute atomic E-state index is 12.4. The van der Waals surface area contributed by atoms with Crippen LogP contribution < -0.4 is 0 Å². The lowest BCUT2D eigenvalue weighted by Gasteiger charge is -2.35. The first kappa shape index (κ1) is 18.0. The maximum atomic E-state index is 12.4. The van der Waals surface area contributed by atoms with Gasteiger partial charge in [0.25, 0.3) is 0 Å². The van der Waals surface area contributed by atoms with Crippen LogP contribution in [0.4, 0.5) is 4.79 Å². The minimum Gasteiger partial charge on any atom is -0.448 e. The summed E-state index contributed by atoms with van der Waals surface area (Å²) >= 11 is 5.49. The largest absolute Gasteiger partial charge is 0.448 e. The van der Waals surface area contributed by atoms with Gasteiger partial charge in [-0.05, 0) is 27.2 Å². The highest BCUT2D eigenvalue weighted by atomic mass is 35.5. The minimum absolute atomic E-state index is 0.236. The van der Waals surface area contributed by atoms with Gasteiger partial charge >= 0.3 is 12.1 Å². The fourth-order valence-electron chi connectivity index (χ4n) is 2.51. The first-order valence-electron chi connectivity index (χ1n) is 6.96. The Labute approximate surface area is 130 Å². The summed E-state index contributed by atoms with van der Waals surface area (Å²) in [4.78, 5) is 26.1. The predicted octanol–water partition coefficient (Wildman–Crippen LogP) is 2.53. The van der Waals surface area contributed by atoms with Gasteiger partial charge < -0.3 is 14.2 Å². The van der Waals surface area contributed by atoms with E-state index in [1.54, 1.807) is 27.9 Å². The van der Waals surface area contributed by atoms with Gasteiger partial charge in [-0.1, -0.05) is 18.5 Å². The summed E-state index contributed by atoms with van der Waals surface area (Å²) in [7, 11) is 1.55. The van der Waals surface area contributed by atoms with Gasteiger partial charge in [-0.15, -0.1) is 0 Å². The van der Waals surface area contributed by atoms with Crippen molar-refractivity contribution in [3.05, 3.63) is 0 Å². The van der Waals surface area contributed by atoms with Crippen LogP contribution in [0.5, 0.6) is 0 Å². The number of nitrogens with zero attached hydrogens (tertiary/aromatic N) is 1. The van der Waals surface area contributed by atoms with Crippen molar-refractivity contribution in [2.24, 2.45) is 0 Å². The number of amides is 1. The van der Waals surface area contributed by atoms with Crippen molar-refractivity contribution >= 4 is 23.7 Å². The molecule has 0 N–H and O–H groups in total. The number of halogens is 1. The minimum atomic E-state index is -1.09. The smallest absolute Gasteiger partial charge is 0.411 e. The van der Waals surface area contributed by atoms with Gasteiger partial charge in [0, 0.05) is 13.5 Å². The maximum Gasteiger partial charge on any atom is 0.411 e. The third kappa shape index (κ3) is 4.01. The predicted molar refractivity (Wildman–Crippen MR) is 78.2 cm³/mol.